The van der Waals surface area contributed by atoms with E-state index in [1.54, 1.807) is 4.90 Å². The molecule has 2 aromatic rings. The zero-order chi connectivity index (χ0) is 21.8. The van der Waals surface area contributed by atoms with Crippen LogP contribution in [-0.4, -0.2) is 37.6 Å². The third-order valence-electron chi connectivity index (χ3n) is 5.85. The monoisotopic (exact) mass is 408 g/mol. The normalized spacial score (nSPS) is 16.0. The number of nitrogens with zero attached hydrogens (tertiary/aromatic N) is 2. The quantitative estimate of drug-likeness (QED) is 0.745. The maximum Gasteiger partial charge on any atom is 0.319 e. The maximum atomic E-state index is 12.5. The van der Waals surface area contributed by atoms with E-state index >= 15 is 0 Å². The Morgan fingerprint density at radius 3 is 2.40 bits per heavy atom. The van der Waals surface area contributed by atoms with Crippen LogP contribution in [0.2, 0.25) is 0 Å². The van der Waals surface area contributed by atoms with Crippen LogP contribution in [0, 0.1) is 20.8 Å². The molecule has 0 bridgehead atoms. The van der Waals surface area contributed by atoms with Crippen LogP contribution in [0.15, 0.2) is 36.4 Å². The number of carbonyl (C=O) groups excluding carboxylic acids is 2. The van der Waals surface area contributed by atoms with Gasteiger partial charge in [0.15, 0.2) is 0 Å². The van der Waals surface area contributed by atoms with Gasteiger partial charge in [-0.25, -0.2) is 4.79 Å². The number of rotatable bonds is 6. The van der Waals surface area contributed by atoms with Crippen molar-refractivity contribution < 1.29 is 9.59 Å². The van der Waals surface area contributed by atoms with Crippen molar-refractivity contribution in [1.29, 1.82) is 0 Å². The molecular weight excluding hydrogens is 376 g/mol. The van der Waals surface area contributed by atoms with Crippen LogP contribution in [0.5, 0.6) is 0 Å². The zero-order valence-corrected chi connectivity index (χ0v) is 18.6. The molecule has 0 spiro atoms. The number of benzene rings is 2. The Bertz CT molecular complexity index is 937. The fourth-order valence-corrected chi connectivity index (χ4v) is 3.86. The zero-order valence-electron chi connectivity index (χ0n) is 18.6. The van der Waals surface area contributed by atoms with Crippen LogP contribution in [0.3, 0.4) is 0 Å². The van der Waals surface area contributed by atoms with E-state index in [9.17, 15) is 9.59 Å². The van der Waals surface area contributed by atoms with E-state index in [1.807, 2.05) is 44.2 Å². The van der Waals surface area contributed by atoms with Gasteiger partial charge in [-0.1, -0.05) is 6.07 Å². The molecule has 1 heterocycles. The number of hydrogen-bond acceptors (Lipinski definition) is 3. The van der Waals surface area contributed by atoms with E-state index in [4.69, 9.17) is 0 Å². The molecule has 0 aliphatic carbocycles. The highest BCUT2D eigenvalue weighted by molar-refractivity contribution is 5.98. The molecule has 1 aliphatic rings. The van der Waals surface area contributed by atoms with E-state index in [1.165, 1.54) is 5.56 Å². The van der Waals surface area contributed by atoms with E-state index in [0.717, 1.165) is 41.3 Å². The minimum absolute atomic E-state index is 0.0308. The average Bonchev–Trinajstić information content (AvgIpc) is 3.07. The first-order valence-corrected chi connectivity index (χ1v) is 10.6. The molecule has 0 radical (unpaired) electrons. The lowest BCUT2D eigenvalue weighted by molar-refractivity contribution is -0.117. The Labute approximate surface area is 179 Å². The lowest BCUT2D eigenvalue weighted by atomic mass is 10.1. The molecular formula is C24H32N4O2. The summed E-state index contributed by atoms with van der Waals surface area (Å²) in [5, 5.41) is 5.87. The second-order valence-electron chi connectivity index (χ2n) is 7.94. The van der Waals surface area contributed by atoms with Gasteiger partial charge in [0.2, 0.25) is 5.91 Å². The molecule has 3 amide bonds. The van der Waals surface area contributed by atoms with Crippen LogP contribution < -0.4 is 20.4 Å². The van der Waals surface area contributed by atoms with Crippen molar-refractivity contribution in [3.8, 4) is 0 Å². The lowest BCUT2D eigenvalue weighted by Gasteiger charge is -2.22. The van der Waals surface area contributed by atoms with Crippen molar-refractivity contribution in [2.75, 3.05) is 34.8 Å². The number of anilines is 3. The number of urea groups is 1. The SMILES string of the molecule is CCN(CC)c1ccc(NC(=O)N[C@H]2CC(=O)N(c3ccc(C)c(C)c3)C2)c(C)c1. The Hall–Kier alpha value is -3.02. The molecule has 1 saturated heterocycles. The molecule has 0 unspecified atom stereocenters. The molecule has 2 N–H and O–H groups in total. The van der Waals surface area contributed by atoms with Gasteiger partial charge in [0, 0.05) is 43.1 Å². The summed E-state index contributed by atoms with van der Waals surface area (Å²) in [6.45, 7) is 12.7. The predicted molar refractivity (Wildman–Crippen MR) is 124 cm³/mol. The van der Waals surface area contributed by atoms with Crippen LogP contribution in [0.25, 0.3) is 0 Å². The first-order chi connectivity index (χ1) is 14.3. The Morgan fingerprint density at radius 1 is 1.03 bits per heavy atom. The van der Waals surface area contributed by atoms with E-state index in [-0.39, 0.29) is 18.0 Å². The fourth-order valence-electron chi connectivity index (χ4n) is 3.86. The van der Waals surface area contributed by atoms with Crippen LogP contribution in [0.4, 0.5) is 21.9 Å². The van der Waals surface area contributed by atoms with Gasteiger partial charge in [0.1, 0.15) is 0 Å². The Morgan fingerprint density at radius 2 is 1.77 bits per heavy atom. The molecule has 6 nitrogen and oxygen atoms in total. The average molecular weight is 409 g/mol. The van der Waals surface area contributed by atoms with Gasteiger partial charge in [-0.05, 0) is 81.6 Å². The number of amides is 3. The number of nitrogens with one attached hydrogen (secondary N) is 2. The maximum absolute atomic E-state index is 12.5. The van der Waals surface area contributed by atoms with Crippen molar-refractivity contribution in [3.63, 3.8) is 0 Å². The summed E-state index contributed by atoms with van der Waals surface area (Å²) >= 11 is 0. The van der Waals surface area contributed by atoms with Gasteiger partial charge in [0.25, 0.3) is 0 Å². The second-order valence-corrected chi connectivity index (χ2v) is 7.94. The molecule has 0 aromatic heterocycles. The second kappa shape index (κ2) is 9.20. The van der Waals surface area contributed by atoms with E-state index in [2.05, 4.69) is 42.4 Å². The molecule has 3 rings (SSSR count). The van der Waals surface area contributed by atoms with Crippen molar-refractivity contribution in [3.05, 3.63) is 53.1 Å². The fraction of sp³-hybridized carbons (Fsp3) is 0.417. The summed E-state index contributed by atoms with van der Waals surface area (Å²) in [6.07, 6.45) is 0.306. The standard InChI is InChI=1S/C24H32N4O2/c1-6-27(7-2)20-10-11-22(18(5)13-20)26-24(30)25-19-14-23(29)28(15-19)21-9-8-16(3)17(4)12-21/h8-13,19H,6-7,14-15H2,1-5H3,(H2,25,26,30)/t19-/m0/s1. The number of hydrogen-bond donors (Lipinski definition) is 2. The Kier molecular flexibility index (Phi) is 6.65. The smallest absolute Gasteiger partial charge is 0.319 e. The van der Waals surface area contributed by atoms with Crippen molar-refractivity contribution >= 4 is 29.0 Å². The highest BCUT2D eigenvalue weighted by atomic mass is 16.2. The van der Waals surface area contributed by atoms with E-state index in [0.29, 0.717) is 13.0 Å². The van der Waals surface area contributed by atoms with Crippen LogP contribution in [-0.2, 0) is 4.79 Å². The summed E-state index contributed by atoms with van der Waals surface area (Å²) in [6, 6.07) is 11.6. The minimum atomic E-state index is -0.284. The highest BCUT2D eigenvalue weighted by Crippen LogP contribution is 2.25. The highest BCUT2D eigenvalue weighted by Gasteiger charge is 2.31. The molecule has 0 saturated carbocycles. The third kappa shape index (κ3) is 4.75. The van der Waals surface area contributed by atoms with Gasteiger partial charge < -0.3 is 20.4 Å². The predicted octanol–water partition coefficient (Wildman–Crippen LogP) is 4.39. The van der Waals surface area contributed by atoms with Gasteiger partial charge in [-0.3, -0.25) is 4.79 Å². The topological polar surface area (TPSA) is 64.7 Å². The first kappa shape index (κ1) is 21.7. The lowest BCUT2D eigenvalue weighted by Crippen LogP contribution is -2.39. The van der Waals surface area contributed by atoms with Gasteiger partial charge >= 0.3 is 6.03 Å². The van der Waals surface area contributed by atoms with Gasteiger partial charge in [0.05, 0.1) is 6.04 Å². The molecule has 2 aromatic carbocycles. The van der Waals surface area contributed by atoms with Crippen molar-refractivity contribution in [1.82, 2.24) is 5.32 Å². The Balaban J connectivity index is 1.61. The molecule has 1 aliphatic heterocycles. The summed E-state index contributed by atoms with van der Waals surface area (Å²) in [7, 11) is 0. The molecule has 160 valence electrons. The van der Waals surface area contributed by atoms with E-state index < -0.39 is 0 Å². The summed E-state index contributed by atoms with van der Waals surface area (Å²) in [5.74, 6) is 0.0308. The molecule has 30 heavy (non-hydrogen) atoms. The first-order valence-electron chi connectivity index (χ1n) is 10.6. The summed E-state index contributed by atoms with van der Waals surface area (Å²) < 4.78 is 0. The number of aryl methyl sites for hydroxylation is 3. The molecule has 1 fully saturated rings. The molecule has 6 heteroatoms. The van der Waals surface area contributed by atoms with Crippen molar-refractivity contribution in [2.45, 2.75) is 47.1 Å². The largest absolute Gasteiger partial charge is 0.372 e. The van der Waals surface area contributed by atoms with Gasteiger partial charge in [-0.15, -0.1) is 0 Å². The minimum Gasteiger partial charge on any atom is -0.372 e. The number of carbonyl (C=O) groups is 2. The van der Waals surface area contributed by atoms with Crippen LogP contribution in [0.1, 0.15) is 37.0 Å². The van der Waals surface area contributed by atoms with Crippen LogP contribution >= 0.6 is 0 Å². The van der Waals surface area contributed by atoms with Gasteiger partial charge in [-0.2, -0.15) is 0 Å². The third-order valence-corrected chi connectivity index (χ3v) is 5.85. The summed E-state index contributed by atoms with van der Waals surface area (Å²) in [5.41, 5.74) is 6.16. The van der Waals surface area contributed by atoms with Crippen molar-refractivity contribution in [2.24, 2.45) is 0 Å². The molecule has 1 atom stereocenters. The summed E-state index contributed by atoms with van der Waals surface area (Å²) in [4.78, 5) is 29.0.